The second-order valence-corrected chi connectivity index (χ2v) is 3.17. The van der Waals surface area contributed by atoms with Crippen molar-refractivity contribution in [1.82, 2.24) is 4.98 Å². The largest absolute Gasteiger partial charge is 0.436 e. The normalized spacial score (nSPS) is 9.71. The molecule has 0 aliphatic carbocycles. The Morgan fingerprint density at radius 1 is 1.18 bits per heavy atom. The molecule has 84 valence electrons. The lowest BCUT2D eigenvalue weighted by Crippen LogP contribution is -1.91. The topological polar surface area (TPSA) is 45.9 Å². The van der Waals surface area contributed by atoms with Crippen LogP contribution in [0.5, 0.6) is 11.6 Å². The van der Waals surface area contributed by atoms with Crippen LogP contribution in [0.3, 0.4) is 0 Å². The third kappa shape index (κ3) is 2.55. The quantitative estimate of drug-likeness (QED) is 0.799. The lowest BCUT2D eigenvalue weighted by atomic mass is 10.3. The van der Waals surface area contributed by atoms with E-state index in [0.29, 0.717) is 5.56 Å². The van der Waals surface area contributed by atoms with Gasteiger partial charge in [-0.25, -0.2) is 13.8 Å². The Kier molecular flexibility index (Phi) is 2.97. The molecule has 2 rings (SSSR count). The zero-order valence-electron chi connectivity index (χ0n) is 8.52. The predicted molar refractivity (Wildman–Crippen MR) is 55.4 cm³/mol. The van der Waals surface area contributed by atoms with E-state index in [1.165, 1.54) is 24.4 Å². The van der Waals surface area contributed by atoms with Crippen molar-refractivity contribution in [2.75, 3.05) is 0 Å². The summed E-state index contributed by atoms with van der Waals surface area (Å²) < 4.78 is 31.0. The van der Waals surface area contributed by atoms with Gasteiger partial charge in [0.2, 0.25) is 5.88 Å². The van der Waals surface area contributed by atoms with E-state index < -0.39 is 11.6 Å². The van der Waals surface area contributed by atoms with Gasteiger partial charge >= 0.3 is 0 Å². The molecule has 0 spiro atoms. The maximum atomic E-state index is 13.2. The van der Waals surface area contributed by atoms with Crippen molar-refractivity contribution >= 4 is 0 Å². The van der Waals surface area contributed by atoms with Crippen LogP contribution in [0.2, 0.25) is 0 Å². The third-order valence-electron chi connectivity index (χ3n) is 1.97. The Bertz CT molecular complexity index is 576. The van der Waals surface area contributed by atoms with E-state index in [0.717, 1.165) is 12.1 Å². The monoisotopic (exact) mass is 232 g/mol. The van der Waals surface area contributed by atoms with Crippen molar-refractivity contribution in [1.29, 1.82) is 5.26 Å². The number of ether oxygens (including phenoxy) is 1. The molecule has 0 unspecified atom stereocenters. The molecule has 17 heavy (non-hydrogen) atoms. The smallest absolute Gasteiger partial charge is 0.219 e. The highest BCUT2D eigenvalue weighted by atomic mass is 19.1. The van der Waals surface area contributed by atoms with Gasteiger partial charge in [-0.05, 0) is 18.2 Å². The van der Waals surface area contributed by atoms with Gasteiger partial charge in [-0.15, -0.1) is 0 Å². The fourth-order valence-electron chi connectivity index (χ4n) is 1.18. The first-order chi connectivity index (χ1) is 8.19. The van der Waals surface area contributed by atoms with Crippen molar-refractivity contribution in [3.05, 3.63) is 53.7 Å². The number of benzene rings is 1. The fourth-order valence-corrected chi connectivity index (χ4v) is 1.18. The number of hydrogen-bond acceptors (Lipinski definition) is 3. The van der Waals surface area contributed by atoms with Crippen LogP contribution in [0.4, 0.5) is 8.78 Å². The molecule has 0 radical (unpaired) electrons. The van der Waals surface area contributed by atoms with Gasteiger partial charge in [0.1, 0.15) is 11.9 Å². The van der Waals surface area contributed by atoms with Crippen LogP contribution in [0.25, 0.3) is 0 Å². The van der Waals surface area contributed by atoms with Gasteiger partial charge in [0.15, 0.2) is 11.6 Å². The van der Waals surface area contributed by atoms with Gasteiger partial charge in [-0.3, -0.25) is 0 Å². The van der Waals surface area contributed by atoms with Crippen LogP contribution in [-0.2, 0) is 0 Å². The van der Waals surface area contributed by atoms with Crippen LogP contribution in [0.15, 0.2) is 36.5 Å². The number of nitrogens with zero attached hydrogens (tertiary/aromatic N) is 2. The van der Waals surface area contributed by atoms with E-state index in [4.69, 9.17) is 10.00 Å². The van der Waals surface area contributed by atoms with Gasteiger partial charge < -0.3 is 4.74 Å². The van der Waals surface area contributed by atoms with Crippen LogP contribution in [0, 0.1) is 23.0 Å². The minimum atomic E-state index is -0.809. The molecule has 1 aromatic heterocycles. The molecule has 0 aliphatic heterocycles. The summed E-state index contributed by atoms with van der Waals surface area (Å²) in [6.07, 6.45) is 1.30. The van der Waals surface area contributed by atoms with E-state index in [-0.39, 0.29) is 11.6 Å². The molecule has 3 nitrogen and oxygen atoms in total. The molecule has 0 amide bonds. The standard InChI is InChI=1S/C12H6F2N2O/c13-9-2-3-11(10(14)5-9)17-12-4-1-8(6-15)7-16-12/h1-5,7H. The summed E-state index contributed by atoms with van der Waals surface area (Å²) in [5.74, 6) is -1.48. The first-order valence-corrected chi connectivity index (χ1v) is 4.68. The highest BCUT2D eigenvalue weighted by Gasteiger charge is 2.06. The Morgan fingerprint density at radius 2 is 2.00 bits per heavy atom. The number of rotatable bonds is 2. The average molecular weight is 232 g/mol. The molecule has 0 saturated carbocycles. The number of nitriles is 1. The summed E-state index contributed by atoms with van der Waals surface area (Å²) in [5, 5.41) is 8.56. The molecular formula is C12H6F2N2O. The number of halogens is 2. The third-order valence-corrected chi connectivity index (χ3v) is 1.97. The van der Waals surface area contributed by atoms with Crippen LogP contribution < -0.4 is 4.74 Å². The highest BCUT2D eigenvalue weighted by molar-refractivity contribution is 5.32. The molecule has 0 bridgehead atoms. The number of aromatic nitrogens is 1. The van der Waals surface area contributed by atoms with E-state index in [1.54, 1.807) is 0 Å². The maximum absolute atomic E-state index is 13.2. The van der Waals surface area contributed by atoms with Gasteiger partial charge in [0.05, 0.1) is 5.56 Å². The molecule has 0 N–H and O–H groups in total. The fraction of sp³-hybridized carbons (Fsp3) is 0. The van der Waals surface area contributed by atoms with Crippen molar-refractivity contribution in [2.45, 2.75) is 0 Å². The van der Waals surface area contributed by atoms with E-state index in [1.807, 2.05) is 6.07 Å². The number of pyridine rings is 1. The SMILES string of the molecule is N#Cc1ccc(Oc2ccc(F)cc2F)nc1. The van der Waals surface area contributed by atoms with Crippen molar-refractivity contribution in [3.63, 3.8) is 0 Å². The minimum Gasteiger partial charge on any atom is -0.436 e. The molecule has 0 aliphatic rings. The molecule has 1 aromatic carbocycles. The van der Waals surface area contributed by atoms with Crippen LogP contribution >= 0.6 is 0 Å². The Hall–Kier alpha value is -2.48. The summed E-state index contributed by atoms with van der Waals surface area (Å²) in [7, 11) is 0. The van der Waals surface area contributed by atoms with Gasteiger partial charge in [-0.1, -0.05) is 0 Å². The molecule has 1 heterocycles. The molecule has 0 atom stereocenters. The van der Waals surface area contributed by atoms with Crippen molar-refractivity contribution in [3.8, 4) is 17.7 Å². The highest BCUT2D eigenvalue weighted by Crippen LogP contribution is 2.23. The lowest BCUT2D eigenvalue weighted by Gasteiger charge is -2.05. The molecule has 2 aromatic rings. The zero-order valence-corrected chi connectivity index (χ0v) is 8.52. The second kappa shape index (κ2) is 4.58. The molecule has 5 heteroatoms. The summed E-state index contributed by atoms with van der Waals surface area (Å²) in [5.41, 5.74) is 0.372. The summed E-state index contributed by atoms with van der Waals surface area (Å²) in [6.45, 7) is 0. The second-order valence-electron chi connectivity index (χ2n) is 3.17. The number of hydrogen-bond donors (Lipinski definition) is 0. The van der Waals surface area contributed by atoms with Gasteiger partial charge in [-0.2, -0.15) is 5.26 Å². The first kappa shape index (κ1) is 11.0. The first-order valence-electron chi connectivity index (χ1n) is 4.68. The Labute approximate surface area is 95.9 Å². The van der Waals surface area contributed by atoms with Crippen LogP contribution in [0.1, 0.15) is 5.56 Å². The summed E-state index contributed by atoms with van der Waals surface area (Å²) in [4.78, 5) is 3.80. The van der Waals surface area contributed by atoms with E-state index >= 15 is 0 Å². The Morgan fingerprint density at radius 3 is 2.59 bits per heavy atom. The molecular weight excluding hydrogens is 226 g/mol. The van der Waals surface area contributed by atoms with E-state index in [2.05, 4.69) is 4.98 Å². The molecule has 0 saturated heterocycles. The average Bonchev–Trinajstić information content (AvgIpc) is 2.34. The Balaban J connectivity index is 2.23. The van der Waals surface area contributed by atoms with Gasteiger partial charge in [0.25, 0.3) is 0 Å². The molecule has 0 fully saturated rings. The van der Waals surface area contributed by atoms with E-state index in [9.17, 15) is 8.78 Å². The van der Waals surface area contributed by atoms with Gasteiger partial charge in [0, 0.05) is 18.3 Å². The summed E-state index contributed by atoms with van der Waals surface area (Å²) in [6, 6.07) is 7.79. The summed E-state index contributed by atoms with van der Waals surface area (Å²) >= 11 is 0. The van der Waals surface area contributed by atoms with Crippen molar-refractivity contribution in [2.24, 2.45) is 0 Å². The predicted octanol–water partition coefficient (Wildman–Crippen LogP) is 3.02. The van der Waals surface area contributed by atoms with Crippen LogP contribution in [-0.4, -0.2) is 4.98 Å². The zero-order chi connectivity index (χ0) is 12.3. The lowest BCUT2D eigenvalue weighted by molar-refractivity contribution is 0.423. The maximum Gasteiger partial charge on any atom is 0.219 e. The minimum absolute atomic E-state index is 0.122. The van der Waals surface area contributed by atoms with Crippen molar-refractivity contribution < 1.29 is 13.5 Å².